The standard InChI is InChI=1S/C22H28N4O4S/c1-16(27)24-18-10-11-20(25-31(2,29)30)19(14-18)22(28)23-15-21(26-12-6-7-13-26)17-8-4-3-5-9-17/h3-5,8-11,14,21,25H,6-7,12-13,15H2,1-2H3,(H,23,28)(H,24,27). The lowest BCUT2D eigenvalue weighted by molar-refractivity contribution is -0.114. The van der Waals surface area contributed by atoms with Crippen molar-refractivity contribution in [3.05, 3.63) is 59.7 Å². The van der Waals surface area contributed by atoms with Crippen LogP contribution < -0.4 is 15.4 Å². The molecule has 0 saturated carbocycles. The Morgan fingerprint density at radius 2 is 1.74 bits per heavy atom. The molecule has 8 nitrogen and oxygen atoms in total. The number of amides is 2. The first-order valence-corrected chi connectivity index (χ1v) is 12.1. The second-order valence-corrected chi connectivity index (χ2v) is 9.44. The van der Waals surface area contributed by atoms with Crippen molar-refractivity contribution in [2.24, 2.45) is 0 Å². The number of rotatable bonds is 8. The second-order valence-electron chi connectivity index (χ2n) is 7.70. The lowest BCUT2D eigenvalue weighted by Gasteiger charge is -2.28. The predicted octanol–water partition coefficient (Wildman–Crippen LogP) is 2.58. The molecule has 1 unspecified atom stereocenters. The zero-order valence-electron chi connectivity index (χ0n) is 17.7. The topological polar surface area (TPSA) is 108 Å². The van der Waals surface area contributed by atoms with E-state index in [1.807, 2.05) is 30.3 Å². The number of likely N-dealkylation sites (tertiary alicyclic amines) is 1. The molecule has 0 aliphatic carbocycles. The van der Waals surface area contributed by atoms with Crippen LogP contribution in [0.3, 0.4) is 0 Å². The average molecular weight is 445 g/mol. The summed E-state index contributed by atoms with van der Waals surface area (Å²) in [6.07, 6.45) is 3.27. The van der Waals surface area contributed by atoms with Gasteiger partial charge >= 0.3 is 0 Å². The molecule has 2 aromatic carbocycles. The molecule has 1 aliphatic rings. The maximum Gasteiger partial charge on any atom is 0.253 e. The zero-order valence-corrected chi connectivity index (χ0v) is 18.5. The Hall–Kier alpha value is -2.91. The minimum atomic E-state index is -3.58. The summed E-state index contributed by atoms with van der Waals surface area (Å²) in [5, 5.41) is 5.57. The van der Waals surface area contributed by atoms with Crippen LogP contribution in [0, 0.1) is 0 Å². The maximum atomic E-state index is 13.1. The van der Waals surface area contributed by atoms with Gasteiger partial charge in [0.05, 0.1) is 23.5 Å². The van der Waals surface area contributed by atoms with Gasteiger partial charge in [-0.3, -0.25) is 19.2 Å². The van der Waals surface area contributed by atoms with Crippen molar-refractivity contribution in [1.29, 1.82) is 0 Å². The van der Waals surface area contributed by atoms with Crippen LogP contribution in [0.5, 0.6) is 0 Å². The van der Waals surface area contributed by atoms with Gasteiger partial charge in [-0.05, 0) is 49.7 Å². The van der Waals surface area contributed by atoms with E-state index < -0.39 is 15.9 Å². The predicted molar refractivity (Wildman–Crippen MR) is 122 cm³/mol. The monoisotopic (exact) mass is 444 g/mol. The summed E-state index contributed by atoms with van der Waals surface area (Å²) in [6, 6.07) is 14.5. The Morgan fingerprint density at radius 3 is 2.35 bits per heavy atom. The number of carbonyl (C=O) groups excluding carboxylic acids is 2. The Labute approximate surface area is 183 Å². The first-order chi connectivity index (χ1) is 14.7. The molecule has 0 bridgehead atoms. The summed E-state index contributed by atoms with van der Waals surface area (Å²) >= 11 is 0. The minimum absolute atomic E-state index is 0.0255. The molecule has 1 heterocycles. The number of sulfonamides is 1. The molecule has 2 aromatic rings. The number of benzene rings is 2. The number of nitrogens with zero attached hydrogens (tertiary/aromatic N) is 1. The fourth-order valence-corrected chi connectivity index (χ4v) is 4.35. The summed E-state index contributed by atoms with van der Waals surface area (Å²) in [4.78, 5) is 26.8. The van der Waals surface area contributed by atoms with Crippen LogP contribution in [0.4, 0.5) is 11.4 Å². The van der Waals surface area contributed by atoms with Crippen LogP contribution in [0.1, 0.15) is 41.7 Å². The van der Waals surface area contributed by atoms with Gasteiger partial charge in [0.2, 0.25) is 15.9 Å². The molecule has 1 aliphatic heterocycles. The van der Waals surface area contributed by atoms with Crippen LogP contribution in [-0.4, -0.2) is 51.0 Å². The van der Waals surface area contributed by atoms with Crippen LogP contribution in [0.15, 0.2) is 48.5 Å². The Bertz CT molecular complexity index is 1030. The molecule has 9 heteroatoms. The van der Waals surface area contributed by atoms with Crippen LogP contribution in [0.25, 0.3) is 0 Å². The van der Waals surface area contributed by atoms with Crippen molar-refractivity contribution < 1.29 is 18.0 Å². The molecule has 0 spiro atoms. The fraction of sp³-hybridized carbons (Fsp3) is 0.364. The number of anilines is 2. The third-order valence-electron chi connectivity index (χ3n) is 5.10. The third-order valence-corrected chi connectivity index (χ3v) is 5.69. The molecule has 1 saturated heterocycles. The van der Waals surface area contributed by atoms with Crippen molar-refractivity contribution in [3.63, 3.8) is 0 Å². The first-order valence-electron chi connectivity index (χ1n) is 10.2. The molecule has 0 radical (unpaired) electrons. The van der Waals surface area contributed by atoms with Crippen molar-refractivity contribution >= 4 is 33.2 Å². The van der Waals surface area contributed by atoms with Gasteiger partial charge in [0.15, 0.2) is 0 Å². The number of nitrogens with one attached hydrogen (secondary N) is 3. The summed E-state index contributed by atoms with van der Waals surface area (Å²) in [6.45, 7) is 3.68. The van der Waals surface area contributed by atoms with E-state index in [-0.39, 0.29) is 23.2 Å². The highest BCUT2D eigenvalue weighted by molar-refractivity contribution is 7.92. The third kappa shape index (κ3) is 6.53. The summed E-state index contributed by atoms with van der Waals surface area (Å²) in [5.41, 5.74) is 1.83. The summed E-state index contributed by atoms with van der Waals surface area (Å²) < 4.78 is 25.9. The maximum absolute atomic E-state index is 13.1. The van der Waals surface area contributed by atoms with Gasteiger partial charge in [0.1, 0.15) is 0 Å². The molecule has 31 heavy (non-hydrogen) atoms. The normalized spacial score (nSPS) is 15.3. The molecule has 2 amide bonds. The van der Waals surface area contributed by atoms with Crippen molar-refractivity contribution in [3.8, 4) is 0 Å². The molecule has 3 N–H and O–H groups in total. The lowest BCUT2D eigenvalue weighted by Crippen LogP contribution is -2.37. The number of hydrogen-bond donors (Lipinski definition) is 3. The van der Waals surface area contributed by atoms with E-state index in [2.05, 4.69) is 20.3 Å². The zero-order chi connectivity index (χ0) is 22.4. The Kier molecular flexibility index (Phi) is 7.29. The SMILES string of the molecule is CC(=O)Nc1ccc(NS(C)(=O)=O)c(C(=O)NCC(c2ccccc2)N2CCCC2)c1. The first kappa shape index (κ1) is 22.8. The van der Waals surface area contributed by atoms with Gasteiger partial charge in [-0.2, -0.15) is 0 Å². The van der Waals surface area contributed by atoms with Crippen LogP contribution in [0.2, 0.25) is 0 Å². The largest absolute Gasteiger partial charge is 0.350 e. The second kappa shape index (κ2) is 9.93. The van der Waals surface area contributed by atoms with Gasteiger partial charge in [0, 0.05) is 19.2 Å². The molecule has 0 aromatic heterocycles. The molecular formula is C22H28N4O4S. The lowest BCUT2D eigenvalue weighted by atomic mass is 10.0. The van der Waals surface area contributed by atoms with E-state index in [4.69, 9.17) is 0 Å². The van der Waals surface area contributed by atoms with Gasteiger partial charge in [-0.25, -0.2) is 8.42 Å². The Balaban J connectivity index is 1.83. The molecule has 1 fully saturated rings. The average Bonchev–Trinajstić information content (AvgIpc) is 3.23. The van der Waals surface area contributed by atoms with Crippen molar-refractivity contribution in [1.82, 2.24) is 10.2 Å². The van der Waals surface area contributed by atoms with E-state index in [1.165, 1.54) is 19.1 Å². The Morgan fingerprint density at radius 1 is 1.06 bits per heavy atom. The van der Waals surface area contributed by atoms with E-state index >= 15 is 0 Å². The highest BCUT2D eigenvalue weighted by Crippen LogP contribution is 2.26. The highest BCUT2D eigenvalue weighted by atomic mass is 32.2. The number of carbonyl (C=O) groups is 2. The number of hydrogen-bond acceptors (Lipinski definition) is 5. The van der Waals surface area contributed by atoms with Gasteiger partial charge in [0.25, 0.3) is 5.91 Å². The molecular weight excluding hydrogens is 416 g/mol. The van der Waals surface area contributed by atoms with Crippen LogP contribution >= 0.6 is 0 Å². The summed E-state index contributed by atoms with van der Waals surface area (Å²) in [5.74, 6) is -0.702. The van der Waals surface area contributed by atoms with E-state index in [0.29, 0.717) is 12.2 Å². The van der Waals surface area contributed by atoms with Gasteiger partial charge in [-0.15, -0.1) is 0 Å². The van der Waals surface area contributed by atoms with Gasteiger partial charge < -0.3 is 10.6 Å². The smallest absolute Gasteiger partial charge is 0.253 e. The van der Waals surface area contributed by atoms with Crippen LogP contribution in [-0.2, 0) is 14.8 Å². The van der Waals surface area contributed by atoms with E-state index in [0.717, 1.165) is 37.8 Å². The van der Waals surface area contributed by atoms with E-state index in [1.54, 1.807) is 6.07 Å². The van der Waals surface area contributed by atoms with E-state index in [9.17, 15) is 18.0 Å². The molecule has 166 valence electrons. The highest BCUT2D eigenvalue weighted by Gasteiger charge is 2.24. The minimum Gasteiger partial charge on any atom is -0.350 e. The molecule has 3 rings (SSSR count). The quantitative estimate of drug-likeness (QED) is 0.580. The fourth-order valence-electron chi connectivity index (χ4n) is 3.77. The molecule has 1 atom stereocenters. The van der Waals surface area contributed by atoms with Crippen molar-refractivity contribution in [2.75, 3.05) is 35.9 Å². The summed E-state index contributed by atoms with van der Waals surface area (Å²) in [7, 11) is -3.58. The van der Waals surface area contributed by atoms with Crippen molar-refractivity contribution in [2.45, 2.75) is 25.8 Å². The van der Waals surface area contributed by atoms with Gasteiger partial charge in [-0.1, -0.05) is 30.3 Å².